The lowest BCUT2D eigenvalue weighted by molar-refractivity contribution is -0.115. The van der Waals surface area contributed by atoms with Gasteiger partial charge in [-0.1, -0.05) is 30.3 Å². The van der Waals surface area contributed by atoms with Crippen LogP contribution in [-0.2, 0) is 22.5 Å². The molecule has 1 aliphatic rings. The van der Waals surface area contributed by atoms with Crippen LogP contribution in [0.5, 0.6) is 0 Å². The molecule has 0 bridgehead atoms. The van der Waals surface area contributed by atoms with E-state index >= 15 is 0 Å². The van der Waals surface area contributed by atoms with Crippen molar-refractivity contribution in [2.75, 3.05) is 18.5 Å². The summed E-state index contributed by atoms with van der Waals surface area (Å²) in [5.74, 6) is -1.28. The van der Waals surface area contributed by atoms with E-state index in [1.165, 1.54) is 22.6 Å². The number of anilines is 1. The molecule has 0 atom stereocenters. The Morgan fingerprint density at radius 2 is 1.86 bits per heavy atom. The summed E-state index contributed by atoms with van der Waals surface area (Å²) >= 11 is 0. The highest BCUT2D eigenvalue weighted by Gasteiger charge is 2.20. The van der Waals surface area contributed by atoms with Gasteiger partial charge >= 0.3 is 0 Å². The van der Waals surface area contributed by atoms with Gasteiger partial charge in [-0.2, -0.15) is 9.90 Å². The molecule has 2 aromatic carbocycles. The van der Waals surface area contributed by atoms with Gasteiger partial charge in [-0.3, -0.25) is 4.79 Å². The van der Waals surface area contributed by atoms with E-state index in [2.05, 4.69) is 15.5 Å². The van der Waals surface area contributed by atoms with Gasteiger partial charge in [0.25, 0.3) is 0 Å². The summed E-state index contributed by atoms with van der Waals surface area (Å²) in [6, 6.07) is 11.5. The number of nitrogens with zero attached hydrogens (tertiary/aromatic N) is 3. The largest absolute Gasteiger partial charge is 0.380 e. The maximum Gasteiger partial charge on any atom is 0.230 e. The molecule has 0 saturated carbocycles. The van der Waals surface area contributed by atoms with Gasteiger partial charge in [-0.05, 0) is 28.8 Å². The Kier molecular flexibility index (Phi) is 5.12. The van der Waals surface area contributed by atoms with Crippen molar-refractivity contribution in [2.45, 2.75) is 18.9 Å². The molecular weight excluding hydrogens is 366 g/mol. The predicted molar refractivity (Wildman–Crippen MR) is 97.8 cm³/mol. The lowest BCUT2D eigenvalue weighted by atomic mass is 9.96. The number of nitrogens with one attached hydrogen (secondary N) is 1. The minimum absolute atomic E-state index is 0.166. The van der Waals surface area contributed by atoms with Gasteiger partial charge in [-0.25, -0.2) is 8.78 Å². The molecule has 28 heavy (non-hydrogen) atoms. The fourth-order valence-electron chi connectivity index (χ4n) is 2.94. The van der Waals surface area contributed by atoms with Crippen molar-refractivity contribution in [3.8, 4) is 0 Å². The van der Waals surface area contributed by atoms with Gasteiger partial charge in [-0.15, -0.1) is 5.10 Å². The lowest BCUT2D eigenvalue weighted by Gasteiger charge is -2.26. The molecule has 4 rings (SSSR count). The molecule has 1 amide bonds. The zero-order valence-corrected chi connectivity index (χ0v) is 14.9. The highest BCUT2D eigenvalue weighted by Crippen LogP contribution is 2.24. The van der Waals surface area contributed by atoms with Crippen LogP contribution in [-0.4, -0.2) is 34.1 Å². The van der Waals surface area contributed by atoms with E-state index in [-0.39, 0.29) is 18.9 Å². The number of hydrogen-bond donors (Lipinski definition) is 1. The van der Waals surface area contributed by atoms with Crippen molar-refractivity contribution in [1.82, 2.24) is 15.0 Å². The Morgan fingerprint density at radius 1 is 1.11 bits per heavy atom. The Balaban J connectivity index is 1.32. The second-order valence-corrected chi connectivity index (χ2v) is 6.71. The fourth-order valence-corrected chi connectivity index (χ4v) is 2.94. The topological polar surface area (TPSA) is 69.0 Å². The zero-order chi connectivity index (χ0) is 19.5. The maximum atomic E-state index is 13.3. The smallest absolute Gasteiger partial charge is 0.230 e. The molecular formula is C20H18F2N4O2. The number of carbonyl (C=O) groups is 1. The van der Waals surface area contributed by atoms with Crippen molar-refractivity contribution >= 4 is 11.7 Å². The molecule has 1 fully saturated rings. The van der Waals surface area contributed by atoms with Crippen molar-refractivity contribution in [3.05, 3.63) is 77.0 Å². The highest BCUT2D eigenvalue weighted by atomic mass is 19.2. The average Bonchev–Trinajstić information content (AvgIpc) is 3.05. The van der Waals surface area contributed by atoms with Crippen LogP contribution in [0.2, 0.25) is 0 Å². The number of rotatable bonds is 6. The predicted octanol–water partition coefficient (Wildman–Crippen LogP) is 2.90. The van der Waals surface area contributed by atoms with Crippen LogP contribution in [0, 0.1) is 11.6 Å². The number of benzene rings is 2. The van der Waals surface area contributed by atoms with E-state index in [4.69, 9.17) is 4.74 Å². The van der Waals surface area contributed by atoms with Crippen LogP contribution in [0.15, 0.2) is 48.7 Å². The normalized spacial score (nSPS) is 13.9. The van der Waals surface area contributed by atoms with Gasteiger partial charge in [0, 0.05) is 5.92 Å². The highest BCUT2D eigenvalue weighted by molar-refractivity contribution is 5.91. The molecule has 3 aromatic rings. The van der Waals surface area contributed by atoms with E-state index in [0.29, 0.717) is 17.3 Å². The molecule has 1 saturated heterocycles. The summed E-state index contributed by atoms with van der Waals surface area (Å²) in [6.07, 6.45) is 1.63. The SMILES string of the molecule is O=C(Cc1ccc(C2COC2)cc1)Nc1cnn(Cc2ccc(F)c(F)c2)n1. The summed E-state index contributed by atoms with van der Waals surface area (Å²) in [4.78, 5) is 13.5. The van der Waals surface area contributed by atoms with Crippen LogP contribution in [0.1, 0.15) is 22.6 Å². The van der Waals surface area contributed by atoms with Gasteiger partial charge in [0.1, 0.15) is 0 Å². The molecule has 0 aliphatic carbocycles. The quantitative estimate of drug-likeness (QED) is 0.710. The van der Waals surface area contributed by atoms with Crippen molar-refractivity contribution < 1.29 is 18.3 Å². The molecule has 1 aliphatic heterocycles. The molecule has 1 N–H and O–H groups in total. The monoisotopic (exact) mass is 384 g/mol. The van der Waals surface area contributed by atoms with Gasteiger partial charge < -0.3 is 10.1 Å². The maximum absolute atomic E-state index is 13.3. The minimum Gasteiger partial charge on any atom is -0.380 e. The molecule has 0 spiro atoms. The zero-order valence-electron chi connectivity index (χ0n) is 14.9. The summed E-state index contributed by atoms with van der Waals surface area (Å²) in [5.41, 5.74) is 2.63. The van der Waals surface area contributed by atoms with Gasteiger partial charge in [0.2, 0.25) is 5.91 Å². The summed E-state index contributed by atoms with van der Waals surface area (Å²) in [7, 11) is 0. The number of halogens is 2. The minimum atomic E-state index is -0.922. The standard InChI is InChI=1S/C20H18F2N4O2/c21-17-6-3-14(7-18(17)22)10-26-23-9-19(25-26)24-20(27)8-13-1-4-15(5-2-13)16-11-28-12-16/h1-7,9,16H,8,10-12H2,(H,24,25,27). The Morgan fingerprint density at radius 3 is 2.54 bits per heavy atom. The Labute approximate surface area is 160 Å². The van der Waals surface area contributed by atoms with Crippen LogP contribution in [0.4, 0.5) is 14.6 Å². The first kappa shape index (κ1) is 18.2. The number of ether oxygens (including phenoxy) is 1. The number of aromatic nitrogens is 3. The molecule has 6 nitrogen and oxygen atoms in total. The molecule has 0 unspecified atom stereocenters. The van der Waals surface area contributed by atoms with Crippen LogP contribution < -0.4 is 5.32 Å². The molecule has 2 heterocycles. The number of amides is 1. The van der Waals surface area contributed by atoms with Crippen molar-refractivity contribution in [2.24, 2.45) is 0 Å². The summed E-state index contributed by atoms with van der Waals surface area (Å²) in [6.45, 7) is 1.67. The van der Waals surface area contributed by atoms with E-state index in [1.807, 2.05) is 24.3 Å². The Bertz CT molecular complexity index is 984. The third kappa shape index (κ3) is 4.23. The van der Waals surface area contributed by atoms with Gasteiger partial charge in [0.15, 0.2) is 17.5 Å². The van der Waals surface area contributed by atoms with E-state index < -0.39 is 11.6 Å². The van der Waals surface area contributed by atoms with Crippen LogP contribution >= 0.6 is 0 Å². The lowest BCUT2D eigenvalue weighted by Crippen LogP contribution is -2.25. The number of carbonyl (C=O) groups excluding carboxylic acids is 1. The average molecular weight is 384 g/mol. The summed E-state index contributed by atoms with van der Waals surface area (Å²) < 4.78 is 31.4. The second-order valence-electron chi connectivity index (χ2n) is 6.71. The fraction of sp³-hybridized carbons (Fsp3) is 0.250. The third-order valence-corrected chi connectivity index (χ3v) is 4.57. The van der Waals surface area contributed by atoms with Gasteiger partial charge in [0.05, 0.1) is 32.4 Å². The van der Waals surface area contributed by atoms with Crippen LogP contribution in [0.3, 0.4) is 0 Å². The number of hydrogen-bond acceptors (Lipinski definition) is 4. The van der Waals surface area contributed by atoms with E-state index in [1.54, 1.807) is 0 Å². The molecule has 8 heteroatoms. The first-order valence-corrected chi connectivity index (χ1v) is 8.87. The molecule has 144 valence electrons. The van der Waals surface area contributed by atoms with E-state index in [9.17, 15) is 13.6 Å². The first-order valence-electron chi connectivity index (χ1n) is 8.87. The first-order chi connectivity index (χ1) is 13.6. The Hall–Kier alpha value is -3.13. The van der Waals surface area contributed by atoms with Crippen LogP contribution in [0.25, 0.3) is 0 Å². The van der Waals surface area contributed by atoms with Crippen molar-refractivity contribution in [3.63, 3.8) is 0 Å². The van der Waals surface area contributed by atoms with E-state index in [0.717, 1.165) is 30.9 Å². The summed E-state index contributed by atoms with van der Waals surface area (Å²) in [5, 5.41) is 10.9. The van der Waals surface area contributed by atoms with Crippen molar-refractivity contribution in [1.29, 1.82) is 0 Å². The molecule has 0 radical (unpaired) electrons. The second kappa shape index (κ2) is 7.85. The third-order valence-electron chi connectivity index (χ3n) is 4.57. The molecule has 1 aromatic heterocycles.